The standard InChI is InChI=1S/C15H16Br2N2O2/c16-10-4-5-11(17)13(9-10)19-8-6-14(20)18-7-2-1-3-12(18)15(19)21/h4-5,9,12H,1-3,6-8H2. The molecule has 0 bridgehead atoms. The van der Waals surface area contributed by atoms with Crippen LogP contribution in [0.2, 0.25) is 0 Å². The van der Waals surface area contributed by atoms with E-state index in [2.05, 4.69) is 31.9 Å². The molecule has 6 heteroatoms. The van der Waals surface area contributed by atoms with Crippen molar-refractivity contribution >= 4 is 49.4 Å². The van der Waals surface area contributed by atoms with Crippen LogP contribution in [0.5, 0.6) is 0 Å². The van der Waals surface area contributed by atoms with Gasteiger partial charge in [0.1, 0.15) is 6.04 Å². The highest BCUT2D eigenvalue weighted by atomic mass is 79.9. The number of benzene rings is 1. The number of hydrogen-bond donors (Lipinski definition) is 0. The molecule has 112 valence electrons. The highest BCUT2D eigenvalue weighted by molar-refractivity contribution is 9.11. The van der Waals surface area contributed by atoms with E-state index in [0.717, 1.165) is 33.9 Å². The zero-order valence-corrected chi connectivity index (χ0v) is 14.7. The molecule has 0 saturated carbocycles. The second-order valence-corrected chi connectivity index (χ2v) is 7.20. The molecule has 2 heterocycles. The number of hydrogen-bond acceptors (Lipinski definition) is 2. The van der Waals surface area contributed by atoms with Crippen molar-refractivity contribution in [2.75, 3.05) is 18.0 Å². The summed E-state index contributed by atoms with van der Waals surface area (Å²) >= 11 is 6.96. The number of carbonyl (C=O) groups is 2. The lowest BCUT2D eigenvalue weighted by atomic mass is 10.0. The van der Waals surface area contributed by atoms with E-state index in [9.17, 15) is 9.59 Å². The van der Waals surface area contributed by atoms with Gasteiger partial charge in [0, 0.05) is 28.5 Å². The van der Waals surface area contributed by atoms with Gasteiger partial charge < -0.3 is 9.80 Å². The Kier molecular flexibility index (Phi) is 4.36. The van der Waals surface area contributed by atoms with Crippen molar-refractivity contribution in [2.45, 2.75) is 31.7 Å². The zero-order valence-electron chi connectivity index (χ0n) is 11.5. The summed E-state index contributed by atoms with van der Waals surface area (Å²) in [5, 5.41) is 0. The molecule has 4 nitrogen and oxygen atoms in total. The number of amides is 2. The third-order valence-electron chi connectivity index (χ3n) is 4.12. The van der Waals surface area contributed by atoms with Gasteiger partial charge >= 0.3 is 0 Å². The van der Waals surface area contributed by atoms with Gasteiger partial charge in [0.05, 0.1) is 5.69 Å². The third kappa shape index (κ3) is 2.88. The SMILES string of the molecule is O=C1C2CCCCN2C(=O)CCN1c1cc(Br)ccc1Br. The molecular weight excluding hydrogens is 400 g/mol. The molecule has 1 aromatic carbocycles. The number of carbonyl (C=O) groups excluding carboxylic acids is 2. The van der Waals surface area contributed by atoms with E-state index >= 15 is 0 Å². The van der Waals surface area contributed by atoms with Gasteiger partial charge in [-0.05, 0) is 53.4 Å². The van der Waals surface area contributed by atoms with Crippen molar-refractivity contribution in [3.63, 3.8) is 0 Å². The first-order chi connectivity index (χ1) is 10.1. The van der Waals surface area contributed by atoms with Gasteiger partial charge in [-0.15, -0.1) is 0 Å². The van der Waals surface area contributed by atoms with Crippen LogP contribution in [-0.2, 0) is 9.59 Å². The van der Waals surface area contributed by atoms with Gasteiger partial charge in [-0.1, -0.05) is 15.9 Å². The molecule has 0 aliphatic carbocycles. The van der Waals surface area contributed by atoms with Crippen LogP contribution in [0.25, 0.3) is 0 Å². The summed E-state index contributed by atoms with van der Waals surface area (Å²) < 4.78 is 1.79. The number of rotatable bonds is 1. The topological polar surface area (TPSA) is 40.6 Å². The maximum absolute atomic E-state index is 12.9. The Bertz CT molecular complexity index is 591. The number of piperidine rings is 1. The third-order valence-corrected chi connectivity index (χ3v) is 5.29. The van der Waals surface area contributed by atoms with Crippen LogP contribution in [0.15, 0.2) is 27.1 Å². The van der Waals surface area contributed by atoms with Gasteiger partial charge in [-0.25, -0.2) is 0 Å². The van der Waals surface area contributed by atoms with Crippen LogP contribution in [0.4, 0.5) is 5.69 Å². The zero-order chi connectivity index (χ0) is 15.0. The Labute approximate surface area is 140 Å². The molecule has 2 fully saturated rings. The molecule has 1 aromatic rings. The fourth-order valence-electron chi connectivity index (χ4n) is 3.06. The van der Waals surface area contributed by atoms with Gasteiger partial charge in [0.2, 0.25) is 11.8 Å². The summed E-state index contributed by atoms with van der Waals surface area (Å²) in [7, 11) is 0. The first-order valence-corrected chi connectivity index (χ1v) is 8.72. The summed E-state index contributed by atoms with van der Waals surface area (Å²) in [4.78, 5) is 28.7. The predicted molar refractivity (Wildman–Crippen MR) is 88.2 cm³/mol. The molecule has 0 radical (unpaired) electrons. The molecule has 1 atom stereocenters. The summed E-state index contributed by atoms with van der Waals surface area (Å²) in [6.07, 6.45) is 3.16. The van der Waals surface area contributed by atoms with Gasteiger partial charge in [-0.3, -0.25) is 9.59 Å². The molecule has 0 aromatic heterocycles. The normalized spacial score (nSPS) is 23.0. The number of halogens is 2. The fraction of sp³-hybridized carbons (Fsp3) is 0.467. The van der Waals surface area contributed by atoms with E-state index < -0.39 is 0 Å². The summed E-state index contributed by atoms with van der Waals surface area (Å²) in [5.41, 5.74) is 0.828. The van der Waals surface area contributed by atoms with Gasteiger partial charge in [0.15, 0.2) is 0 Å². The van der Waals surface area contributed by atoms with Crippen molar-refractivity contribution in [3.8, 4) is 0 Å². The van der Waals surface area contributed by atoms with E-state index in [1.54, 1.807) is 9.80 Å². The Morgan fingerprint density at radius 3 is 2.71 bits per heavy atom. The Hall–Kier alpha value is -0.880. The predicted octanol–water partition coefficient (Wildman–Crippen LogP) is 3.33. The van der Waals surface area contributed by atoms with Crippen LogP contribution in [0.3, 0.4) is 0 Å². The van der Waals surface area contributed by atoms with Gasteiger partial charge in [-0.2, -0.15) is 0 Å². The molecule has 0 N–H and O–H groups in total. The lowest BCUT2D eigenvalue weighted by Crippen LogP contribution is -2.49. The summed E-state index contributed by atoms with van der Waals surface area (Å²) in [6.45, 7) is 1.16. The largest absolute Gasteiger partial charge is 0.331 e. The Balaban J connectivity index is 1.97. The van der Waals surface area contributed by atoms with Crippen molar-refractivity contribution in [1.29, 1.82) is 0 Å². The van der Waals surface area contributed by atoms with E-state index in [4.69, 9.17) is 0 Å². The maximum atomic E-state index is 12.9. The minimum absolute atomic E-state index is 0.0411. The van der Waals surface area contributed by atoms with E-state index in [-0.39, 0.29) is 17.9 Å². The van der Waals surface area contributed by atoms with Crippen LogP contribution < -0.4 is 4.90 Å². The first kappa shape index (κ1) is 15.0. The molecule has 1 unspecified atom stereocenters. The average molecular weight is 416 g/mol. The molecule has 2 aliphatic rings. The lowest BCUT2D eigenvalue weighted by Gasteiger charge is -2.34. The maximum Gasteiger partial charge on any atom is 0.249 e. The fourth-order valence-corrected chi connectivity index (χ4v) is 3.87. The Morgan fingerprint density at radius 2 is 1.90 bits per heavy atom. The van der Waals surface area contributed by atoms with Gasteiger partial charge in [0.25, 0.3) is 0 Å². The molecule has 2 saturated heterocycles. The highest BCUT2D eigenvalue weighted by Crippen LogP contribution is 2.33. The second kappa shape index (κ2) is 6.08. The van der Waals surface area contributed by atoms with E-state index in [1.165, 1.54) is 0 Å². The van der Waals surface area contributed by atoms with Crippen molar-refractivity contribution in [2.24, 2.45) is 0 Å². The molecular formula is C15H16Br2N2O2. The molecule has 2 amide bonds. The number of nitrogens with zero attached hydrogens (tertiary/aromatic N) is 2. The summed E-state index contributed by atoms with van der Waals surface area (Å²) in [6, 6.07) is 5.47. The van der Waals surface area contributed by atoms with Crippen molar-refractivity contribution < 1.29 is 9.59 Å². The highest BCUT2D eigenvalue weighted by Gasteiger charge is 2.38. The monoisotopic (exact) mass is 414 g/mol. The van der Waals surface area contributed by atoms with Crippen LogP contribution in [0, 0.1) is 0 Å². The Morgan fingerprint density at radius 1 is 1.10 bits per heavy atom. The smallest absolute Gasteiger partial charge is 0.249 e. The van der Waals surface area contributed by atoms with Crippen molar-refractivity contribution in [1.82, 2.24) is 4.90 Å². The number of fused-ring (bicyclic) bond motifs is 1. The summed E-state index contributed by atoms with van der Waals surface area (Å²) in [5.74, 6) is 0.140. The molecule has 3 rings (SSSR count). The van der Waals surface area contributed by atoms with Crippen LogP contribution >= 0.6 is 31.9 Å². The molecule has 2 aliphatic heterocycles. The minimum atomic E-state index is -0.292. The molecule has 0 spiro atoms. The van der Waals surface area contributed by atoms with Crippen LogP contribution in [-0.4, -0.2) is 35.8 Å². The molecule has 21 heavy (non-hydrogen) atoms. The quantitative estimate of drug-likeness (QED) is 0.705. The lowest BCUT2D eigenvalue weighted by molar-refractivity contribution is -0.138. The van der Waals surface area contributed by atoms with E-state index in [1.807, 2.05) is 18.2 Å². The second-order valence-electron chi connectivity index (χ2n) is 5.43. The van der Waals surface area contributed by atoms with Crippen molar-refractivity contribution in [3.05, 3.63) is 27.1 Å². The van der Waals surface area contributed by atoms with E-state index in [0.29, 0.717) is 19.5 Å². The number of anilines is 1. The first-order valence-electron chi connectivity index (χ1n) is 7.14. The minimum Gasteiger partial charge on any atom is -0.331 e. The van der Waals surface area contributed by atoms with Crippen LogP contribution in [0.1, 0.15) is 25.7 Å². The average Bonchev–Trinajstić information content (AvgIpc) is 2.61.